The fourth-order valence-corrected chi connectivity index (χ4v) is 5.89. The molecule has 1 aliphatic rings. The van der Waals surface area contributed by atoms with Crippen LogP contribution in [0.25, 0.3) is 22.0 Å². The minimum absolute atomic E-state index is 0.00523. The predicted molar refractivity (Wildman–Crippen MR) is 149 cm³/mol. The second kappa shape index (κ2) is 10.6. The molecule has 0 bridgehead atoms. The number of pyridine rings is 1. The van der Waals surface area contributed by atoms with Crippen molar-refractivity contribution in [1.29, 1.82) is 5.26 Å². The summed E-state index contributed by atoms with van der Waals surface area (Å²) in [7, 11) is 3.22. The Morgan fingerprint density at radius 1 is 1.17 bits per heavy atom. The Bertz CT molecular complexity index is 1660. The Balaban J connectivity index is 1.72. The highest BCUT2D eigenvalue weighted by atomic mass is 19.3. The van der Waals surface area contributed by atoms with Gasteiger partial charge in [-0.3, -0.25) is 4.79 Å². The van der Waals surface area contributed by atoms with E-state index in [-0.39, 0.29) is 28.8 Å². The third kappa shape index (κ3) is 4.91. The number of aromatic nitrogens is 3. The molecule has 3 heterocycles. The van der Waals surface area contributed by atoms with Gasteiger partial charge in [-0.2, -0.15) is 5.26 Å². The molecule has 1 atom stereocenters. The van der Waals surface area contributed by atoms with Crippen molar-refractivity contribution < 1.29 is 23.4 Å². The summed E-state index contributed by atoms with van der Waals surface area (Å²) in [5, 5.41) is 23.4. The zero-order chi connectivity index (χ0) is 29.5. The number of carbonyl (C=O) groups excluding carboxylic acids is 1. The van der Waals surface area contributed by atoms with Crippen LogP contribution in [0, 0.1) is 17.2 Å². The summed E-state index contributed by atoms with van der Waals surface area (Å²) >= 11 is 0. The number of aliphatic hydroxyl groups is 1. The predicted octanol–water partition coefficient (Wildman–Crippen LogP) is 5.12. The number of ether oxygens (including phenoxy) is 1. The van der Waals surface area contributed by atoms with E-state index in [0.29, 0.717) is 59.2 Å². The number of nitrogens with zero attached hydrogens (tertiary/aromatic N) is 5. The number of fused-ring (bicyclic) bond motifs is 1. The lowest BCUT2D eigenvalue weighted by Gasteiger charge is -2.42. The second-order valence-electron chi connectivity index (χ2n) is 10.6. The van der Waals surface area contributed by atoms with Crippen LogP contribution in [0.3, 0.4) is 0 Å². The Morgan fingerprint density at radius 2 is 1.90 bits per heavy atom. The quantitative estimate of drug-likeness (QED) is 0.352. The molecule has 1 amide bonds. The van der Waals surface area contributed by atoms with Crippen LogP contribution in [0.15, 0.2) is 55.0 Å². The number of hydrogen-bond acceptors (Lipinski definition) is 6. The standard InChI is InChI=1S/C31H31F2N5O3/c1-19(39)38-12-10-21(11-13-38)31(40,27-17-35-18-37(27)3)23-8-9-26-24(15-23)25(16-34)28(29(36-26)41-4)20-6-5-7-22(14-20)30(2,32)33/h5-9,14-15,17-18,21,40H,10-13H2,1-4H3. The number of amides is 1. The minimum atomic E-state index is -3.08. The van der Waals surface area contributed by atoms with E-state index < -0.39 is 11.5 Å². The average molecular weight is 560 g/mol. The highest BCUT2D eigenvalue weighted by Crippen LogP contribution is 2.44. The maximum absolute atomic E-state index is 14.2. The van der Waals surface area contributed by atoms with E-state index in [1.54, 1.807) is 53.3 Å². The minimum Gasteiger partial charge on any atom is -0.480 e. The molecule has 0 radical (unpaired) electrons. The van der Waals surface area contributed by atoms with E-state index in [2.05, 4.69) is 16.0 Å². The van der Waals surface area contributed by atoms with E-state index in [4.69, 9.17) is 4.74 Å². The Morgan fingerprint density at radius 3 is 2.49 bits per heavy atom. The number of carbonyl (C=O) groups is 1. The number of nitriles is 1. The topological polar surface area (TPSA) is 104 Å². The van der Waals surface area contributed by atoms with Crippen LogP contribution >= 0.6 is 0 Å². The van der Waals surface area contributed by atoms with Crippen LogP contribution in [0.1, 0.15) is 49.1 Å². The second-order valence-corrected chi connectivity index (χ2v) is 10.6. The summed E-state index contributed by atoms with van der Waals surface area (Å²) in [4.78, 5) is 22.6. The molecular weight excluding hydrogens is 528 g/mol. The van der Waals surface area contributed by atoms with Crippen LogP contribution in [0.5, 0.6) is 5.88 Å². The SMILES string of the molecule is COc1nc2ccc(C(O)(c3cncn3C)C3CCN(C(C)=O)CC3)cc2c(C#N)c1-c1cccc(C(C)(F)F)c1. The van der Waals surface area contributed by atoms with E-state index in [0.717, 1.165) is 6.92 Å². The maximum atomic E-state index is 14.2. The normalized spacial score (nSPS) is 15.9. The highest BCUT2D eigenvalue weighted by molar-refractivity contribution is 5.94. The van der Waals surface area contributed by atoms with Crippen LogP contribution in [0.4, 0.5) is 8.78 Å². The number of halogens is 2. The summed E-state index contributed by atoms with van der Waals surface area (Å²) in [5.41, 5.74) is 0.761. The van der Waals surface area contributed by atoms with Gasteiger partial charge in [0.15, 0.2) is 0 Å². The zero-order valence-corrected chi connectivity index (χ0v) is 23.4. The molecule has 1 fully saturated rings. The number of piperidine rings is 1. The van der Waals surface area contributed by atoms with Crippen molar-refractivity contribution in [2.75, 3.05) is 20.2 Å². The number of imidazole rings is 1. The van der Waals surface area contributed by atoms with Gasteiger partial charge in [0.25, 0.3) is 5.92 Å². The van der Waals surface area contributed by atoms with Crippen molar-refractivity contribution in [2.24, 2.45) is 13.0 Å². The summed E-state index contributed by atoms with van der Waals surface area (Å²) in [6.45, 7) is 3.38. The van der Waals surface area contributed by atoms with Gasteiger partial charge in [0.1, 0.15) is 11.7 Å². The maximum Gasteiger partial charge on any atom is 0.270 e. The molecule has 0 spiro atoms. The lowest BCUT2D eigenvalue weighted by atomic mass is 9.73. The molecule has 1 N–H and O–H groups in total. The van der Waals surface area contributed by atoms with Gasteiger partial charge in [-0.05, 0) is 42.2 Å². The fourth-order valence-electron chi connectivity index (χ4n) is 5.89. The van der Waals surface area contributed by atoms with E-state index >= 15 is 0 Å². The van der Waals surface area contributed by atoms with Crippen molar-refractivity contribution in [1.82, 2.24) is 19.4 Å². The van der Waals surface area contributed by atoms with Crippen LogP contribution in [-0.4, -0.2) is 50.6 Å². The highest BCUT2D eigenvalue weighted by Gasteiger charge is 2.44. The molecule has 5 rings (SSSR count). The zero-order valence-electron chi connectivity index (χ0n) is 23.4. The molecule has 0 aliphatic carbocycles. The molecule has 2 aromatic heterocycles. The van der Waals surface area contributed by atoms with Gasteiger partial charge in [0.05, 0.1) is 42.0 Å². The Labute approximate surface area is 236 Å². The van der Waals surface area contributed by atoms with E-state index in [1.807, 2.05) is 0 Å². The number of rotatable bonds is 6. The van der Waals surface area contributed by atoms with E-state index in [1.165, 1.54) is 32.2 Å². The van der Waals surface area contributed by atoms with Crippen molar-refractivity contribution in [3.63, 3.8) is 0 Å². The van der Waals surface area contributed by atoms with Gasteiger partial charge in [-0.25, -0.2) is 18.7 Å². The number of likely N-dealkylation sites (tertiary alicyclic amines) is 1. The number of benzene rings is 2. The Hall–Kier alpha value is -4.36. The van der Waals surface area contributed by atoms with E-state index in [9.17, 15) is 23.9 Å². The molecule has 10 heteroatoms. The molecule has 0 saturated carbocycles. The number of hydrogen-bond donors (Lipinski definition) is 1. The Kier molecular flexibility index (Phi) is 7.26. The third-order valence-corrected chi connectivity index (χ3v) is 8.09. The molecule has 1 unspecified atom stereocenters. The lowest BCUT2D eigenvalue weighted by molar-refractivity contribution is -0.131. The average Bonchev–Trinajstić information content (AvgIpc) is 3.41. The summed E-state index contributed by atoms with van der Waals surface area (Å²) in [6, 6.07) is 13.3. The van der Waals surface area contributed by atoms with Crippen LogP contribution in [0.2, 0.25) is 0 Å². The molecule has 41 heavy (non-hydrogen) atoms. The molecule has 1 saturated heterocycles. The molecule has 1 aliphatic heterocycles. The third-order valence-electron chi connectivity index (χ3n) is 8.09. The fraction of sp³-hybridized carbons (Fsp3) is 0.355. The molecule has 4 aromatic rings. The smallest absolute Gasteiger partial charge is 0.270 e. The molecule has 8 nitrogen and oxygen atoms in total. The van der Waals surface area contributed by atoms with Crippen molar-refractivity contribution >= 4 is 16.8 Å². The van der Waals surface area contributed by atoms with Crippen molar-refractivity contribution in [2.45, 2.75) is 38.2 Å². The summed E-state index contributed by atoms with van der Waals surface area (Å²) in [5.74, 6) is -3.19. The van der Waals surface area contributed by atoms with Crippen LogP contribution < -0.4 is 4.74 Å². The van der Waals surface area contributed by atoms with Crippen molar-refractivity contribution in [3.8, 4) is 23.1 Å². The first-order chi connectivity index (χ1) is 19.5. The number of methoxy groups -OCH3 is 1. The number of alkyl halides is 2. The molecular formula is C31H31F2N5O3. The van der Waals surface area contributed by atoms with Gasteiger partial charge in [-0.1, -0.05) is 24.3 Å². The molecule has 212 valence electrons. The van der Waals surface area contributed by atoms with Gasteiger partial charge >= 0.3 is 0 Å². The number of aryl methyl sites for hydroxylation is 1. The van der Waals surface area contributed by atoms with Gasteiger partial charge in [0, 0.05) is 50.9 Å². The lowest BCUT2D eigenvalue weighted by Crippen LogP contribution is -2.46. The van der Waals surface area contributed by atoms with Crippen molar-refractivity contribution in [3.05, 3.63) is 77.4 Å². The first-order valence-electron chi connectivity index (χ1n) is 13.3. The summed E-state index contributed by atoms with van der Waals surface area (Å²) in [6.07, 6.45) is 4.37. The largest absolute Gasteiger partial charge is 0.480 e. The molecule has 2 aromatic carbocycles. The monoisotopic (exact) mass is 559 g/mol. The van der Waals surface area contributed by atoms with Gasteiger partial charge in [-0.15, -0.1) is 0 Å². The van der Waals surface area contributed by atoms with Gasteiger partial charge < -0.3 is 19.3 Å². The van der Waals surface area contributed by atoms with Gasteiger partial charge in [0.2, 0.25) is 11.8 Å². The first-order valence-corrected chi connectivity index (χ1v) is 13.3. The first kappa shape index (κ1) is 28.2. The summed E-state index contributed by atoms with van der Waals surface area (Å²) < 4.78 is 35.7. The van der Waals surface area contributed by atoms with Crippen LogP contribution in [-0.2, 0) is 23.4 Å².